The van der Waals surface area contributed by atoms with Gasteiger partial charge in [-0.05, 0) is 52.9 Å². The molecule has 0 unspecified atom stereocenters. The van der Waals surface area contributed by atoms with E-state index in [9.17, 15) is 17.6 Å². The van der Waals surface area contributed by atoms with Gasteiger partial charge in [0.05, 0.1) is 23.2 Å². The average Bonchev–Trinajstić information content (AvgIpc) is 3.23. The Kier molecular flexibility index (Phi) is 5.63. The van der Waals surface area contributed by atoms with Gasteiger partial charge in [-0.15, -0.1) is 11.3 Å². The highest BCUT2D eigenvalue weighted by molar-refractivity contribution is 7.90. The zero-order chi connectivity index (χ0) is 23.9. The number of fused-ring (bicyclic) bond motifs is 1. The van der Waals surface area contributed by atoms with Crippen molar-refractivity contribution < 1.29 is 12.8 Å². The van der Waals surface area contributed by atoms with Crippen LogP contribution in [0.15, 0.2) is 94.7 Å². The molecule has 0 N–H and O–H groups in total. The zero-order valence-corrected chi connectivity index (χ0v) is 19.7. The quantitative estimate of drug-likeness (QED) is 0.332. The third-order valence-electron chi connectivity index (χ3n) is 5.55. The van der Waals surface area contributed by atoms with Crippen LogP contribution < -0.4 is 5.56 Å². The predicted molar refractivity (Wildman–Crippen MR) is 133 cm³/mol. The maximum absolute atomic E-state index is 13.6. The maximum Gasteiger partial charge on any atom is 0.275 e. The highest BCUT2D eigenvalue weighted by atomic mass is 32.2. The molecular weight excluding hydrogens is 471 g/mol. The number of hydrogen-bond acceptors (Lipinski definition) is 5. The largest absolute Gasteiger partial charge is 0.275 e. The number of thiophene rings is 1. The lowest BCUT2D eigenvalue weighted by Crippen LogP contribution is -2.25. The van der Waals surface area contributed by atoms with Gasteiger partial charge in [-0.3, -0.25) is 4.79 Å². The molecule has 0 amide bonds. The van der Waals surface area contributed by atoms with Crippen molar-refractivity contribution in [1.82, 2.24) is 9.78 Å². The van der Waals surface area contributed by atoms with Crippen LogP contribution in [0.4, 0.5) is 4.39 Å². The molecular formula is C26H19FN2O3S2. The molecule has 0 bridgehead atoms. The Bertz CT molecular complexity index is 1640. The molecule has 5 nitrogen and oxygen atoms in total. The van der Waals surface area contributed by atoms with Crippen LogP contribution in [0.3, 0.4) is 0 Å². The van der Waals surface area contributed by atoms with E-state index in [1.54, 1.807) is 41.8 Å². The minimum absolute atomic E-state index is 0.186. The van der Waals surface area contributed by atoms with Gasteiger partial charge < -0.3 is 0 Å². The summed E-state index contributed by atoms with van der Waals surface area (Å²) in [5.74, 6) is -0.400. The van der Waals surface area contributed by atoms with E-state index >= 15 is 0 Å². The molecule has 0 aliphatic heterocycles. The van der Waals surface area contributed by atoms with Crippen molar-refractivity contribution >= 4 is 31.3 Å². The second kappa shape index (κ2) is 8.62. The lowest BCUT2D eigenvalue weighted by Gasteiger charge is -2.13. The van der Waals surface area contributed by atoms with Crippen molar-refractivity contribution in [2.45, 2.75) is 11.4 Å². The number of rotatable bonds is 5. The second-order valence-corrected chi connectivity index (χ2v) is 11.1. The van der Waals surface area contributed by atoms with Gasteiger partial charge in [-0.1, -0.05) is 42.5 Å². The van der Waals surface area contributed by atoms with Crippen molar-refractivity contribution in [3.8, 4) is 22.3 Å². The summed E-state index contributed by atoms with van der Waals surface area (Å²) in [5, 5.41) is 5.52. The van der Waals surface area contributed by atoms with Crippen molar-refractivity contribution in [1.29, 1.82) is 0 Å². The average molecular weight is 491 g/mol. The van der Waals surface area contributed by atoms with Crippen molar-refractivity contribution in [2.75, 3.05) is 6.26 Å². The summed E-state index contributed by atoms with van der Waals surface area (Å²) < 4.78 is 39.8. The van der Waals surface area contributed by atoms with Gasteiger partial charge in [0.25, 0.3) is 5.56 Å². The second-order valence-electron chi connectivity index (χ2n) is 7.95. The number of benzene rings is 3. The molecule has 170 valence electrons. The Balaban J connectivity index is 1.64. The topological polar surface area (TPSA) is 69.0 Å². The molecule has 5 rings (SSSR count). The van der Waals surface area contributed by atoms with Gasteiger partial charge in [0.1, 0.15) is 5.82 Å². The first kappa shape index (κ1) is 22.2. The standard InChI is InChI=1S/C26H19FN2O3S2/c1-34(31,32)22-12-8-17(9-13-22)23-15-28-29(16-21-14-19-4-2-3-5-24(19)33-21)26(30)25(23)18-6-10-20(27)11-7-18/h2-15H,16H2,1H3. The molecule has 0 aliphatic carbocycles. The molecule has 0 atom stereocenters. The zero-order valence-electron chi connectivity index (χ0n) is 18.1. The Labute approximate surface area is 199 Å². The fraction of sp³-hybridized carbons (Fsp3) is 0.0769. The highest BCUT2D eigenvalue weighted by Crippen LogP contribution is 2.30. The minimum atomic E-state index is -3.35. The SMILES string of the molecule is CS(=O)(=O)c1ccc(-c2cnn(Cc3cc4ccccc4s3)c(=O)c2-c2ccc(F)cc2)cc1. The molecule has 5 aromatic rings. The fourth-order valence-electron chi connectivity index (χ4n) is 3.86. The van der Waals surface area contributed by atoms with Gasteiger partial charge in [0.15, 0.2) is 9.84 Å². The number of nitrogens with zero attached hydrogens (tertiary/aromatic N) is 2. The number of hydrogen-bond donors (Lipinski definition) is 0. The third-order valence-corrected chi connectivity index (χ3v) is 7.78. The molecule has 0 fully saturated rings. The lowest BCUT2D eigenvalue weighted by atomic mass is 9.97. The summed E-state index contributed by atoms with van der Waals surface area (Å²) in [6.07, 6.45) is 2.74. The Morgan fingerprint density at radius 1 is 0.941 bits per heavy atom. The van der Waals surface area contributed by atoms with Gasteiger partial charge in [-0.25, -0.2) is 17.5 Å². The Morgan fingerprint density at radius 2 is 1.62 bits per heavy atom. The van der Waals surface area contributed by atoms with Gasteiger partial charge in [0, 0.05) is 21.4 Å². The van der Waals surface area contributed by atoms with Crippen LogP contribution in [-0.4, -0.2) is 24.5 Å². The minimum Gasteiger partial charge on any atom is -0.267 e. The lowest BCUT2D eigenvalue weighted by molar-refractivity contribution is 0.602. The smallest absolute Gasteiger partial charge is 0.267 e. The molecule has 0 saturated carbocycles. The Morgan fingerprint density at radius 3 is 2.29 bits per heavy atom. The molecule has 8 heteroatoms. The van der Waals surface area contributed by atoms with E-state index < -0.39 is 15.7 Å². The van der Waals surface area contributed by atoms with E-state index in [0.29, 0.717) is 28.8 Å². The van der Waals surface area contributed by atoms with Gasteiger partial charge in [-0.2, -0.15) is 5.10 Å². The summed E-state index contributed by atoms with van der Waals surface area (Å²) in [7, 11) is -3.35. The first-order valence-electron chi connectivity index (χ1n) is 10.4. The van der Waals surface area contributed by atoms with Gasteiger partial charge >= 0.3 is 0 Å². The van der Waals surface area contributed by atoms with Crippen molar-refractivity contribution in [3.63, 3.8) is 0 Å². The number of halogens is 1. The molecule has 0 radical (unpaired) electrons. The molecule has 34 heavy (non-hydrogen) atoms. The highest BCUT2D eigenvalue weighted by Gasteiger charge is 2.17. The first-order valence-corrected chi connectivity index (χ1v) is 13.1. The van der Waals surface area contributed by atoms with E-state index in [4.69, 9.17) is 0 Å². The molecule has 0 saturated heterocycles. The first-order chi connectivity index (χ1) is 16.3. The normalized spacial score (nSPS) is 11.7. The summed E-state index contributed by atoms with van der Waals surface area (Å²) in [5.41, 5.74) is 1.81. The molecule has 2 heterocycles. The van der Waals surface area contributed by atoms with Crippen LogP contribution >= 0.6 is 11.3 Å². The van der Waals surface area contributed by atoms with Crippen LogP contribution in [0.2, 0.25) is 0 Å². The van der Waals surface area contributed by atoms with Gasteiger partial charge in [0.2, 0.25) is 0 Å². The Hall–Kier alpha value is -3.62. The third kappa shape index (κ3) is 4.30. The number of sulfone groups is 1. The van der Waals surface area contributed by atoms with Crippen molar-refractivity contribution in [2.24, 2.45) is 0 Å². The van der Waals surface area contributed by atoms with E-state index in [2.05, 4.69) is 5.10 Å². The van der Waals surface area contributed by atoms with E-state index in [1.807, 2.05) is 30.3 Å². The summed E-state index contributed by atoms with van der Waals surface area (Å²) in [4.78, 5) is 14.8. The number of aromatic nitrogens is 2. The van der Waals surface area contributed by atoms with Crippen LogP contribution in [0.1, 0.15) is 4.88 Å². The fourth-order valence-corrected chi connectivity index (χ4v) is 5.54. The summed E-state index contributed by atoms with van der Waals surface area (Å²) in [6, 6.07) is 22.1. The van der Waals surface area contributed by atoms with Crippen LogP contribution in [0, 0.1) is 5.82 Å². The maximum atomic E-state index is 13.6. The van der Waals surface area contributed by atoms with E-state index in [1.165, 1.54) is 28.9 Å². The summed E-state index contributed by atoms with van der Waals surface area (Å²) in [6.45, 7) is 0.305. The van der Waals surface area contributed by atoms with Crippen LogP contribution in [0.5, 0.6) is 0 Å². The van der Waals surface area contributed by atoms with Crippen LogP contribution in [-0.2, 0) is 16.4 Å². The molecule has 2 aromatic heterocycles. The van der Waals surface area contributed by atoms with Crippen LogP contribution in [0.25, 0.3) is 32.3 Å². The molecule has 3 aromatic carbocycles. The monoisotopic (exact) mass is 490 g/mol. The van der Waals surface area contributed by atoms with E-state index in [-0.39, 0.29) is 10.5 Å². The molecule has 0 spiro atoms. The predicted octanol–water partition coefficient (Wildman–Crippen LogP) is 5.38. The molecule has 0 aliphatic rings. The van der Waals surface area contributed by atoms with Crippen molar-refractivity contribution in [3.05, 3.63) is 106 Å². The van der Waals surface area contributed by atoms with E-state index in [0.717, 1.165) is 21.2 Å². The summed E-state index contributed by atoms with van der Waals surface area (Å²) >= 11 is 1.60.